The minimum absolute atomic E-state index is 0.0254. The van der Waals surface area contributed by atoms with Gasteiger partial charge >= 0.3 is 5.97 Å². The normalized spacial score (nSPS) is 17.9. The molecule has 3 rings (SSSR count). The number of piperidine rings is 1. The molecule has 146 valence electrons. The molecule has 27 heavy (non-hydrogen) atoms. The van der Waals surface area contributed by atoms with Crippen LogP contribution in [0.25, 0.3) is 11.1 Å². The molecule has 2 heterocycles. The quantitative estimate of drug-likeness (QED) is 0.808. The molecule has 1 atom stereocenters. The van der Waals surface area contributed by atoms with Crippen molar-refractivity contribution in [1.82, 2.24) is 10.3 Å². The second kappa shape index (κ2) is 7.58. The van der Waals surface area contributed by atoms with E-state index in [1.54, 1.807) is 6.92 Å². The maximum absolute atomic E-state index is 12.7. The van der Waals surface area contributed by atoms with Gasteiger partial charge in [0.25, 0.3) is 6.01 Å². The molecule has 1 aliphatic heterocycles. The van der Waals surface area contributed by atoms with E-state index in [2.05, 4.69) is 15.2 Å². The number of oxazole rings is 1. The highest BCUT2D eigenvalue weighted by molar-refractivity contribution is 5.81. The van der Waals surface area contributed by atoms with Crippen LogP contribution < -0.4 is 10.2 Å². The number of rotatable bonds is 6. The number of aliphatic carboxylic acids is 1. The lowest BCUT2D eigenvalue weighted by Gasteiger charge is -2.37. The molecule has 1 aromatic heterocycles. The van der Waals surface area contributed by atoms with Crippen LogP contribution in [0.3, 0.4) is 0 Å². The summed E-state index contributed by atoms with van der Waals surface area (Å²) in [6.45, 7) is 7.03. The van der Waals surface area contributed by atoms with Crippen LogP contribution in [-0.2, 0) is 9.59 Å². The maximum Gasteiger partial charge on any atom is 0.305 e. The Bertz CT molecular complexity index is 790. The van der Waals surface area contributed by atoms with Gasteiger partial charge in [0.05, 0.1) is 6.42 Å². The van der Waals surface area contributed by atoms with Crippen LogP contribution in [0, 0.1) is 11.8 Å². The number of fused-ring (bicyclic) bond motifs is 1. The molecule has 1 aliphatic rings. The Hall–Kier alpha value is -2.57. The first-order chi connectivity index (χ1) is 12.8. The summed E-state index contributed by atoms with van der Waals surface area (Å²) in [5, 5.41) is 12.2. The zero-order valence-corrected chi connectivity index (χ0v) is 16.1. The van der Waals surface area contributed by atoms with Gasteiger partial charge < -0.3 is 19.7 Å². The monoisotopic (exact) mass is 373 g/mol. The summed E-state index contributed by atoms with van der Waals surface area (Å²) >= 11 is 0. The molecule has 2 N–H and O–H groups in total. The molecule has 1 unspecified atom stereocenters. The number of aromatic nitrogens is 1. The van der Waals surface area contributed by atoms with Crippen molar-refractivity contribution in [2.24, 2.45) is 11.8 Å². The van der Waals surface area contributed by atoms with Gasteiger partial charge in [-0.3, -0.25) is 9.59 Å². The number of para-hydroxylation sites is 2. The van der Waals surface area contributed by atoms with Gasteiger partial charge in [0.2, 0.25) is 5.91 Å². The first-order valence-corrected chi connectivity index (χ1v) is 9.43. The van der Waals surface area contributed by atoms with Gasteiger partial charge in [0.15, 0.2) is 5.58 Å². The number of benzene rings is 1. The Morgan fingerprint density at radius 1 is 1.33 bits per heavy atom. The minimum Gasteiger partial charge on any atom is -0.481 e. The van der Waals surface area contributed by atoms with Crippen molar-refractivity contribution in [3.05, 3.63) is 24.3 Å². The van der Waals surface area contributed by atoms with E-state index in [1.807, 2.05) is 38.1 Å². The van der Waals surface area contributed by atoms with Crippen molar-refractivity contribution in [2.75, 3.05) is 18.0 Å². The minimum atomic E-state index is -0.905. The van der Waals surface area contributed by atoms with Crippen molar-refractivity contribution in [1.29, 1.82) is 0 Å². The summed E-state index contributed by atoms with van der Waals surface area (Å²) < 4.78 is 5.81. The first kappa shape index (κ1) is 19.2. The highest BCUT2D eigenvalue weighted by atomic mass is 16.4. The summed E-state index contributed by atoms with van der Waals surface area (Å²) in [5.74, 6) is -1.07. The number of hydrogen-bond acceptors (Lipinski definition) is 5. The van der Waals surface area contributed by atoms with E-state index in [4.69, 9.17) is 9.52 Å². The van der Waals surface area contributed by atoms with Crippen molar-refractivity contribution < 1.29 is 19.1 Å². The average Bonchev–Trinajstić information content (AvgIpc) is 3.05. The van der Waals surface area contributed by atoms with Gasteiger partial charge in [-0.15, -0.1) is 0 Å². The van der Waals surface area contributed by atoms with Crippen LogP contribution in [0.15, 0.2) is 28.7 Å². The SMILES string of the molecule is CC(C)C(C)(CC(=O)O)NC(=O)C1CCN(c2nc3ccccc3o2)CC1. The van der Waals surface area contributed by atoms with Gasteiger partial charge in [0, 0.05) is 24.5 Å². The van der Waals surface area contributed by atoms with Crippen LogP contribution in [-0.4, -0.2) is 40.6 Å². The van der Waals surface area contributed by atoms with Gasteiger partial charge in [-0.25, -0.2) is 0 Å². The summed E-state index contributed by atoms with van der Waals surface area (Å²) in [7, 11) is 0. The summed E-state index contributed by atoms with van der Waals surface area (Å²) in [4.78, 5) is 30.5. The van der Waals surface area contributed by atoms with Gasteiger partial charge in [-0.1, -0.05) is 26.0 Å². The van der Waals surface area contributed by atoms with Crippen molar-refractivity contribution in [3.63, 3.8) is 0 Å². The van der Waals surface area contributed by atoms with Crippen molar-refractivity contribution in [2.45, 2.75) is 45.6 Å². The molecule has 0 aliphatic carbocycles. The van der Waals surface area contributed by atoms with Crippen molar-refractivity contribution >= 4 is 29.0 Å². The average molecular weight is 373 g/mol. The lowest BCUT2D eigenvalue weighted by Crippen LogP contribution is -2.54. The Kier molecular flexibility index (Phi) is 5.39. The van der Waals surface area contributed by atoms with Gasteiger partial charge in [-0.2, -0.15) is 4.98 Å². The number of amides is 1. The van der Waals surface area contributed by atoms with Crippen LogP contribution in [0.2, 0.25) is 0 Å². The fourth-order valence-corrected chi connectivity index (χ4v) is 3.42. The van der Waals surface area contributed by atoms with Gasteiger partial charge in [0.1, 0.15) is 5.52 Å². The number of nitrogens with one attached hydrogen (secondary N) is 1. The number of carboxylic acid groups (broad SMARTS) is 1. The molecule has 1 aromatic carbocycles. The van der Waals surface area contributed by atoms with E-state index in [-0.39, 0.29) is 24.2 Å². The van der Waals surface area contributed by atoms with Crippen molar-refractivity contribution in [3.8, 4) is 0 Å². The molecule has 1 amide bonds. The molecule has 1 fully saturated rings. The molecule has 7 nitrogen and oxygen atoms in total. The lowest BCUT2D eigenvalue weighted by atomic mass is 9.84. The third kappa shape index (κ3) is 4.23. The Balaban J connectivity index is 1.61. The molecule has 2 aromatic rings. The predicted octanol–water partition coefficient (Wildman–Crippen LogP) is 3.05. The third-order valence-electron chi connectivity index (χ3n) is 5.62. The number of hydrogen-bond donors (Lipinski definition) is 2. The van der Waals surface area contributed by atoms with E-state index in [1.165, 1.54) is 0 Å². The van der Waals surface area contributed by atoms with Crippen LogP contribution >= 0.6 is 0 Å². The molecular weight excluding hydrogens is 346 g/mol. The second-order valence-corrected chi connectivity index (χ2v) is 7.86. The number of carbonyl (C=O) groups is 2. The summed E-state index contributed by atoms with van der Waals surface area (Å²) in [6, 6.07) is 8.23. The molecule has 0 saturated carbocycles. The predicted molar refractivity (Wildman–Crippen MR) is 103 cm³/mol. The Labute approximate surface area is 158 Å². The highest BCUT2D eigenvalue weighted by Crippen LogP contribution is 2.28. The Morgan fingerprint density at radius 2 is 2.00 bits per heavy atom. The third-order valence-corrected chi connectivity index (χ3v) is 5.62. The second-order valence-electron chi connectivity index (χ2n) is 7.86. The topological polar surface area (TPSA) is 95.7 Å². The number of carboxylic acids is 1. The van der Waals surface area contributed by atoms with E-state index >= 15 is 0 Å². The molecule has 1 saturated heterocycles. The standard InChI is InChI=1S/C20H27N3O4/c1-13(2)20(3,12-17(24)25)22-18(26)14-8-10-23(11-9-14)19-21-15-6-4-5-7-16(15)27-19/h4-7,13-14H,8-12H2,1-3H3,(H,22,26)(H,24,25). The summed E-state index contributed by atoms with van der Waals surface area (Å²) in [5.41, 5.74) is 0.836. The highest BCUT2D eigenvalue weighted by Gasteiger charge is 2.36. The zero-order chi connectivity index (χ0) is 19.6. The first-order valence-electron chi connectivity index (χ1n) is 9.43. The molecule has 0 radical (unpaired) electrons. The number of anilines is 1. The van der Waals surface area contributed by atoms with Gasteiger partial charge in [-0.05, 0) is 37.8 Å². The fraction of sp³-hybridized carbons (Fsp3) is 0.550. The van der Waals surface area contributed by atoms with Crippen LogP contribution in [0.4, 0.5) is 6.01 Å². The largest absolute Gasteiger partial charge is 0.481 e. The Morgan fingerprint density at radius 3 is 2.59 bits per heavy atom. The maximum atomic E-state index is 12.7. The number of nitrogens with zero attached hydrogens (tertiary/aromatic N) is 2. The van der Waals surface area contributed by atoms with Crippen LogP contribution in [0.1, 0.15) is 40.0 Å². The molecule has 0 spiro atoms. The molecular formula is C20H27N3O4. The lowest BCUT2D eigenvalue weighted by molar-refractivity contribution is -0.140. The van der Waals surface area contributed by atoms with E-state index < -0.39 is 11.5 Å². The zero-order valence-electron chi connectivity index (χ0n) is 16.1. The summed E-state index contributed by atoms with van der Waals surface area (Å²) in [6.07, 6.45) is 1.29. The van der Waals surface area contributed by atoms with E-state index in [9.17, 15) is 9.59 Å². The fourth-order valence-electron chi connectivity index (χ4n) is 3.42. The van der Waals surface area contributed by atoms with E-state index in [0.29, 0.717) is 31.9 Å². The number of carbonyl (C=O) groups excluding carboxylic acids is 1. The van der Waals surface area contributed by atoms with Crippen LogP contribution in [0.5, 0.6) is 0 Å². The smallest absolute Gasteiger partial charge is 0.305 e. The van der Waals surface area contributed by atoms with E-state index in [0.717, 1.165) is 11.1 Å². The molecule has 7 heteroatoms. The molecule has 0 bridgehead atoms.